The Morgan fingerprint density at radius 2 is 0.806 bits per heavy atom. The molecule has 0 radical (unpaired) electrons. The smallest absolute Gasteiger partial charge is 0.0866 e. The second-order valence-electron chi connectivity index (χ2n) is 21.8. The van der Waals surface area contributed by atoms with Crippen molar-refractivity contribution in [3.63, 3.8) is 0 Å². The third-order valence-corrected chi connectivity index (χ3v) is 36.8. The van der Waals surface area contributed by atoms with Crippen LogP contribution in [0.5, 0.6) is 11.5 Å². The van der Waals surface area contributed by atoms with E-state index in [1.165, 1.54) is 81.5 Å². The van der Waals surface area contributed by atoms with Gasteiger partial charge in [0.1, 0.15) is 0 Å². The van der Waals surface area contributed by atoms with E-state index in [4.69, 9.17) is 0 Å². The number of rotatable bonds is 8. The van der Waals surface area contributed by atoms with Gasteiger partial charge in [0.15, 0.2) is 0 Å². The average Bonchev–Trinajstić information content (AvgIpc) is 3.58. The van der Waals surface area contributed by atoms with Crippen LogP contribution in [0.2, 0.25) is 26.2 Å². The summed E-state index contributed by atoms with van der Waals surface area (Å²) in [5.41, 5.74) is 7.28. The Kier molecular flexibility index (Phi) is 18.1. The van der Waals surface area contributed by atoms with Crippen LogP contribution < -0.4 is 20.7 Å². The van der Waals surface area contributed by atoms with Gasteiger partial charge in [0.25, 0.3) is 0 Å². The molecule has 0 aromatic heterocycles. The van der Waals surface area contributed by atoms with Gasteiger partial charge in [0.05, 0.1) is 0 Å². The molecule has 1 aliphatic heterocycles. The third-order valence-electron chi connectivity index (χ3n) is 13.8. The normalized spacial score (nSPS) is 18.6. The van der Waals surface area contributed by atoms with Crippen LogP contribution in [0.1, 0.15) is 113 Å². The van der Waals surface area contributed by atoms with E-state index in [0.29, 0.717) is 27.4 Å². The van der Waals surface area contributed by atoms with Crippen molar-refractivity contribution in [2.24, 2.45) is 0 Å². The fourth-order valence-electron chi connectivity index (χ4n) is 9.34. The topological polar surface area (TPSA) is 40.5 Å². The molecule has 0 saturated heterocycles. The minimum absolute atomic E-state index is 0.00461. The molecule has 67 heavy (non-hydrogen) atoms. The van der Waals surface area contributed by atoms with Gasteiger partial charge in [-0.15, -0.1) is 24.3 Å². The molecular formula is C60H78O2S2Si2Ti-2. The van der Waals surface area contributed by atoms with E-state index in [1.54, 1.807) is 0 Å². The van der Waals surface area contributed by atoms with Crippen molar-refractivity contribution >= 4 is 52.8 Å². The molecule has 4 atom stereocenters. The Bertz CT molecular complexity index is 2450. The van der Waals surface area contributed by atoms with Gasteiger partial charge in [-0.1, -0.05) is 12.1 Å². The second kappa shape index (κ2) is 23.0. The van der Waals surface area contributed by atoms with Gasteiger partial charge < -0.3 is 0 Å². The van der Waals surface area contributed by atoms with Gasteiger partial charge >= 0.3 is 336 Å². The zero-order valence-corrected chi connectivity index (χ0v) is 47.5. The minimum atomic E-state index is -2.14. The first kappa shape index (κ1) is 52.9. The number of phenolic OH excluding ortho intramolecular Hbond substituents is 2. The van der Waals surface area contributed by atoms with Crippen LogP contribution >= 0.6 is 15.9 Å². The van der Waals surface area contributed by atoms with Crippen LogP contribution in [0.3, 0.4) is 0 Å². The Balaban J connectivity index is 0.000000450. The molecule has 0 bridgehead atoms. The van der Waals surface area contributed by atoms with Crippen LogP contribution in [0.25, 0.3) is 0 Å². The maximum absolute atomic E-state index is 12.3. The summed E-state index contributed by atoms with van der Waals surface area (Å²) >= 11 is -0.317. The third kappa shape index (κ3) is 13.6. The molecule has 2 N–H and O–H groups in total. The van der Waals surface area contributed by atoms with E-state index < -0.39 is 16.1 Å². The standard InChI is InChI=1S/C46H64O2S2Si2.2C7H7.Ti/c1-45(2,3)35-27-33(43(47)41(29-35)51(7,8)37-21-15-13-16-22-37)31-49-39-25-19-11-12-20-26-40(39)50-32-34-28-36(46(4,5)6)30-42(44(34)48)52(9,10)38-23-17-14-18-24-38;2*1-7-5-3-2-4-6-7;/h13-18,21-24,27-30,39-40,47-48H,11-12,19-20,25-26,31-32H2,1-10H3;2*2-6H,1H2;/q;2*-1;/t39-,40?;;;/m0.../s1. The van der Waals surface area contributed by atoms with Crippen molar-refractivity contribution in [3.05, 3.63) is 193 Å². The molecular weight excluding hydrogens is 921 g/mol. The Labute approximate surface area is 418 Å². The zero-order chi connectivity index (χ0) is 48.6. The fourth-order valence-corrected chi connectivity index (χ4v) is 35.4. The predicted octanol–water partition coefficient (Wildman–Crippen LogP) is 14.3. The van der Waals surface area contributed by atoms with Crippen molar-refractivity contribution in [1.82, 2.24) is 0 Å². The molecule has 1 aliphatic carbocycles. The van der Waals surface area contributed by atoms with E-state index in [2.05, 4.69) is 167 Å². The first-order valence-electron chi connectivity index (χ1n) is 24.4. The molecule has 2 unspecified atom stereocenters. The summed E-state index contributed by atoms with van der Waals surface area (Å²) in [4.78, 5) is 0. The Morgan fingerprint density at radius 1 is 0.493 bits per heavy atom. The van der Waals surface area contributed by atoms with E-state index in [0.717, 1.165) is 33.1 Å². The van der Waals surface area contributed by atoms with Crippen LogP contribution in [0.15, 0.2) is 146 Å². The van der Waals surface area contributed by atoms with Gasteiger partial charge in [-0.25, -0.2) is 0 Å². The molecule has 1 fully saturated rings. The average molecular weight is 999 g/mol. The van der Waals surface area contributed by atoms with Crippen LogP contribution in [0, 0.1) is 13.8 Å². The van der Waals surface area contributed by atoms with E-state index in [-0.39, 0.29) is 26.3 Å². The number of phenols is 2. The van der Waals surface area contributed by atoms with Gasteiger partial charge in [-0.05, 0) is 0 Å². The summed E-state index contributed by atoms with van der Waals surface area (Å²) in [6.07, 6.45) is 8.07. The molecule has 8 rings (SSSR count). The van der Waals surface area contributed by atoms with E-state index >= 15 is 0 Å². The van der Waals surface area contributed by atoms with Crippen LogP contribution in [-0.4, -0.2) is 36.9 Å². The molecule has 6 aromatic rings. The monoisotopic (exact) mass is 998 g/mol. The summed E-state index contributed by atoms with van der Waals surface area (Å²) in [7, 11) is -3.69. The van der Waals surface area contributed by atoms with Crippen molar-refractivity contribution in [2.75, 3.05) is 0 Å². The van der Waals surface area contributed by atoms with Crippen LogP contribution in [-0.2, 0) is 37.8 Å². The number of fused-ring (bicyclic) bond motifs is 1. The molecule has 1 heterocycles. The second-order valence-corrected chi connectivity index (χ2v) is 42.0. The molecule has 2 aliphatic rings. The summed E-state index contributed by atoms with van der Waals surface area (Å²) in [6.45, 7) is 31.0. The number of hydrogen-bond donors (Lipinski definition) is 2. The summed E-state index contributed by atoms with van der Waals surface area (Å²) in [6, 6.07) is 51.1. The Morgan fingerprint density at radius 3 is 1.09 bits per heavy atom. The molecule has 356 valence electrons. The van der Waals surface area contributed by atoms with Crippen molar-refractivity contribution < 1.29 is 25.7 Å². The number of benzene rings is 6. The molecule has 6 aromatic carbocycles. The fraction of sp³-hybridized carbons (Fsp3) is 0.367. The summed E-state index contributed by atoms with van der Waals surface area (Å²) < 4.78 is 0. The quantitative estimate of drug-likeness (QED) is 0.118. The summed E-state index contributed by atoms with van der Waals surface area (Å²) in [5, 5.41) is 31.3. The SMILES string of the molecule is CC(C)(C)c1cc(C[S]2=[Ti]=[S@@](Cc3cc(C(C)(C)C)cc([Si](C)(C)c4ccccc4)c3O)C3CCCCCC[C@@H]32)c(O)c([Si](C)(C)c2ccccc2)c1.[CH2-]c1ccccc1.[CH2-]c1ccccc1. The van der Waals surface area contributed by atoms with Gasteiger partial charge in [-0.3, -0.25) is 0 Å². The maximum Gasteiger partial charge on any atom is -0.0866 e. The zero-order valence-electron chi connectivity index (χ0n) is 42.3. The first-order valence-corrected chi connectivity index (χ1v) is 37.2. The maximum atomic E-state index is 12.3. The minimum Gasteiger partial charge on any atom is -0.199 e. The largest absolute Gasteiger partial charge is 0.199 e. The number of aromatic hydroxyl groups is 2. The molecule has 0 amide bonds. The molecule has 2 nitrogen and oxygen atoms in total. The molecule has 1 saturated carbocycles. The Hall–Kier alpha value is -3.49. The molecule has 7 heteroatoms. The van der Waals surface area contributed by atoms with Crippen molar-refractivity contribution in [1.29, 1.82) is 0 Å². The van der Waals surface area contributed by atoms with E-state index in [1.807, 2.05) is 60.7 Å². The van der Waals surface area contributed by atoms with Crippen molar-refractivity contribution in [3.8, 4) is 11.5 Å². The van der Waals surface area contributed by atoms with Gasteiger partial charge in [-0.2, -0.15) is 49.2 Å². The molecule has 0 spiro atoms. The first-order chi connectivity index (χ1) is 31.7. The van der Waals surface area contributed by atoms with Gasteiger partial charge in [0.2, 0.25) is 0 Å². The van der Waals surface area contributed by atoms with Crippen LogP contribution in [0.4, 0.5) is 0 Å². The van der Waals surface area contributed by atoms with Gasteiger partial charge in [0, 0.05) is 0 Å². The predicted molar refractivity (Wildman–Crippen MR) is 300 cm³/mol. The number of hydrogen-bond acceptors (Lipinski definition) is 2. The van der Waals surface area contributed by atoms with E-state index in [9.17, 15) is 10.2 Å². The summed E-state index contributed by atoms with van der Waals surface area (Å²) in [5.74, 6) is 3.22. The van der Waals surface area contributed by atoms with Crippen molar-refractivity contribution in [2.45, 2.75) is 139 Å².